The number of rotatable bonds is 4. The maximum Gasteiger partial charge on any atom is 0.269 e. The lowest BCUT2D eigenvalue weighted by molar-refractivity contribution is -0.976. The van der Waals surface area contributed by atoms with Crippen molar-refractivity contribution in [2.45, 2.75) is 44.7 Å². The van der Waals surface area contributed by atoms with Crippen LogP contribution in [0.3, 0.4) is 0 Å². The Morgan fingerprint density at radius 3 is 2.55 bits per heavy atom. The van der Waals surface area contributed by atoms with Gasteiger partial charge in [-0.3, -0.25) is 10.1 Å². The van der Waals surface area contributed by atoms with Crippen LogP contribution in [0.4, 0.5) is 5.69 Å². The van der Waals surface area contributed by atoms with E-state index in [0.717, 1.165) is 17.4 Å². The Hall–Kier alpha value is -1.46. The summed E-state index contributed by atoms with van der Waals surface area (Å²) in [6.45, 7) is 3.60. The van der Waals surface area contributed by atoms with E-state index in [1.54, 1.807) is 12.1 Å². The van der Waals surface area contributed by atoms with Crippen LogP contribution in [0, 0.1) is 16.0 Å². The zero-order valence-electron chi connectivity index (χ0n) is 13.0. The number of nitro groups is 1. The lowest BCUT2D eigenvalue weighted by Crippen LogP contribution is -2.63. The van der Waals surface area contributed by atoms with E-state index in [1.165, 1.54) is 44.3 Å². The highest BCUT2D eigenvalue weighted by molar-refractivity contribution is 5.32. The second kappa shape index (κ2) is 6.34. The molecular formula is C17H25N2O3+. The Morgan fingerprint density at radius 1 is 1.14 bits per heavy atom. The number of nitrogens with zero attached hydrogens (tertiary/aromatic N) is 2. The van der Waals surface area contributed by atoms with Gasteiger partial charge in [-0.15, -0.1) is 0 Å². The topological polar surface area (TPSA) is 63.4 Å². The third-order valence-corrected chi connectivity index (χ3v) is 5.66. The number of aliphatic hydroxyl groups excluding tert-OH is 1. The van der Waals surface area contributed by atoms with Crippen molar-refractivity contribution in [1.29, 1.82) is 0 Å². The van der Waals surface area contributed by atoms with Gasteiger partial charge in [-0.05, 0) is 37.8 Å². The second-order valence-electron chi connectivity index (χ2n) is 6.90. The first-order valence-corrected chi connectivity index (χ1v) is 8.34. The monoisotopic (exact) mass is 305 g/mol. The van der Waals surface area contributed by atoms with Gasteiger partial charge in [-0.25, -0.2) is 0 Å². The molecule has 2 heterocycles. The predicted octanol–water partition coefficient (Wildman–Crippen LogP) is 2.87. The molecule has 3 atom stereocenters. The normalized spacial score (nSPS) is 31.5. The minimum absolute atomic E-state index is 0.158. The fourth-order valence-electron chi connectivity index (χ4n) is 4.62. The second-order valence-corrected chi connectivity index (χ2v) is 6.90. The van der Waals surface area contributed by atoms with E-state index in [9.17, 15) is 15.2 Å². The number of piperidine rings is 2. The molecule has 0 unspecified atom stereocenters. The summed E-state index contributed by atoms with van der Waals surface area (Å²) < 4.78 is 1.07. The van der Waals surface area contributed by atoms with Crippen molar-refractivity contribution in [3.8, 4) is 0 Å². The average Bonchev–Trinajstić information content (AvgIpc) is 2.54. The highest BCUT2D eigenvalue weighted by atomic mass is 16.6. The quantitative estimate of drug-likeness (QED) is 0.528. The third-order valence-electron chi connectivity index (χ3n) is 5.66. The van der Waals surface area contributed by atoms with Crippen molar-refractivity contribution in [3.05, 3.63) is 39.9 Å². The molecule has 1 aromatic rings. The molecular weight excluding hydrogens is 280 g/mol. The molecule has 2 aliphatic rings. The van der Waals surface area contributed by atoms with Gasteiger partial charge in [0.05, 0.1) is 30.7 Å². The SMILES string of the molecule is O=[N+]([O-])c1ccc(C[N@@+]23CCCC[C@@H]2[C@H](CO)CCC3)cc1. The number of benzene rings is 1. The van der Waals surface area contributed by atoms with Crippen LogP contribution < -0.4 is 0 Å². The van der Waals surface area contributed by atoms with Crippen molar-refractivity contribution < 1.29 is 14.5 Å². The number of hydrogen-bond acceptors (Lipinski definition) is 3. The zero-order valence-corrected chi connectivity index (χ0v) is 13.0. The Bertz CT molecular complexity index is 527. The summed E-state index contributed by atoms with van der Waals surface area (Å²) >= 11 is 0. The molecule has 0 saturated carbocycles. The molecule has 5 heteroatoms. The maximum atomic E-state index is 10.8. The number of fused-ring (bicyclic) bond motifs is 1. The molecule has 2 aliphatic heterocycles. The summed E-state index contributed by atoms with van der Waals surface area (Å²) in [5.41, 5.74) is 1.34. The molecule has 2 saturated heterocycles. The van der Waals surface area contributed by atoms with Crippen molar-refractivity contribution in [2.24, 2.45) is 5.92 Å². The molecule has 0 bridgehead atoms. The molecule has 1 N–H and O–H groups in total. The van der Waals surface area contributed by atoms with E-state index < -0.39 is 0 Å². The van der Waals surface area contributed by atoms with Crippen LogP contribution in [0.15, 0.2) is 24.3 Å². The first-order chi connectivity index (χ1) is 10.6. The van der Waals surface area contributed by atoms with Gasteiger partial charge in [-0.1, -0.05) is 0 Å². The predicted molar refractivity (Wildman–Crippen MR) is 84.2 cm³/mol. The summed E-state index contributed by atoms with van der Waals surface area (Å²) in [7, 11) is 0. The molecule has 0 amide bonds. The number of nitro benzene ring substituents is 1. The first-order valence-electron chi connectivity index (χ1n) is 8.34. The molecule has 3 rings (SSSR count). The molecule has 0 spiro atoms. The third kappa shape index (κ3) is 2.88. The van der Waals surface area contributed by atoms with E-state index >= 15 is 0 Å². The summed E-state index contributed by atoms with van der Waals surface area (Å²) in [4.78, 5) is 10.4. The minimum Gasteiger partial charge on any atom is -0.396 e. The number of non-ortho nitro benzene ring substituents is 1. The molecule has 120 valence electrons. The molecule has 1 aromatic carbocycles. The van der Waals surface area contributed by atoms with Gasteiger partial charge in [0.25, 0.3) is 5.69 Å². The van der Waals surface area contributed by atoms with Crippen LogP contribution in [0.25, 0.3) is 0 Å². The average molecular weight is 305 g/mol. The Labute approximate surface area is 131 Å². The van der Waals surface area contributed by atoms with E-state index in [4.69, 9.17) is 0 Å². The summed E-state index contributed by atoms with van der Waals surface area (Å²) in [6, 6.07) is 7.58. The van der Waals surface area contributed by atoms with Gasteiger partial charge in [0.2, 0.25) is 0 Å². The van der Waals surface area contributed by atoms with Gasteiger partial charge in [0, 0.05) is 30.0 Å². The molecule has 2 fully saturated rings. The largest absolute Gasteiger partial charge is 0.396 e. The Morgan fingerprint density at radius 2 is 1.86 bits per heavy atom. The highest BCUT2D eigenvalue weighted by Gasteiger charge is 2.46. The highest BCUT2D eigenvalue weighted by Crippen LogP contribution is 2.39. The van der Waals surface area contributed by atoms with E-state index in [2.05, 4.69) is 0 Å². The van der Waals surface area contributed by atoms with Gasteiger partial charge >= 0.3 is 0 Å². The minimum atomic E-state index is -0.345. The zero-order chi connectivity index (χ0) is 15.6. The van der Waals surface area contributed by atoms with E-state index in [-0.39, 0.29) is 10.6 Å². The van der Waals surface area contributed by atoms with Crippen LogP contribution in [-0.2, 0) is 6.54 Å². The Balaban J connectivity index is 1.82. The van der Waals surface area contributed by atoms with Crippen LogP contribution in [0.2, 0.25) is 0 Å². The van der Waals surface area contributed by atoms with Crippen LogP contribution in [-0.4, -0.2) is 40.3 Å². The number of quaternary nitrogens is 1. The van der Waals surface area contributed by atoms with Gasteiger partial charge in [-0.2, -0.15) is 0 Å². The smallest absolute Gasteiger partial charge is 0.269 e. The van der Waals surface area contributed by atoms with Crippen LogP contribution in [0.5, 0.6) is 0 Å². The Kier molecular flexibility index (Phi) is 4.45. The number of aliphatic hydroxyl groups is 1. The van der Waals surface area contributed by atoms with Crippen molar-refractivity contribution in [3.63, 3.8) is 0 Å². The standard InChI is InChI=1S/C17H25N2O3/c20-13-15-4-3-11-19(10-2-1-5-17(15)19)12-14-6-8-16(9-7-14)18(21)22/h6-9,15,17,20H,1-5,10-13H2/q+1/t15-,17+,19-/m0/s1. The molecule has 0 aromatic heterocycles. The van der Waals surface area contributed by atoms with E-state index in [0.29, 0.717) is 18.6 Å². The molecule has 22 heavy (non-hydrogen) atoms. The van der Waals surface area contributed by atoms with Crippen LogP contribution >= 0.6 is 0 Å². The fourth-order valence-corrected chi connectivity index (χ4v) is 4.62. The summed E-state index contributed by atoms with van der Waals surface area (Å²) in [5.74, 6) is 0.423. The first kappa shape index (κ1) is 15.4. The van der Waals surface area contributed by atoms with Crippen molar-refractivity contribution >= 4 is 5.69 Å². The lowest BCUT2D eigenvalue weighted by Gasteiger charge is -2.53. The molecule has 0 radical (unpaired) electrons. The fraction of sp³-hybridized carbons (Fsp3) is 0.647. The van der Waals surface area contributed by atoms with Crippen molar-refractivity contribution in [2.75, 3.05) is 19.7 Å². The summed E-state index contributed by atoms with van der Waals surface area (Å²) in [5, 5.41) is 20.5. The molecule has 5 nitrogen and oxygen atoms in total. The van der Waals surface area contributed by atoms with Crippen molar-refractivity contribution in [1.82, 2.24) is 0 Å². The summed E-state index contributed by atoms with van der Waals surface area (Å²) in [6.07, 6.45) is 6.04. The van der Waals surface area contributed by atoms with Gasteiger partial charge in [0.15, 0.2) is 0 Å². The van der Waals surface area contributed by atoms with Crippen LogP contribution in [0.1, 0.15) is 37.7 Å². The van der Waals surface area contributed by atoms with Gasteiger partial charge < -0.3 is 9.59 Å². The number of hydrogen-bond donors (Lipinski definition) is 1. The van der Waals surface area contributed by atoms with E-state index in [1.807, 2.05) is 12.1 Å². The lowest BCUT2D eigenvalue weighted by atomic mass is 9.81. The maximum absolute atomic E-state index is 10.8. The van der Waals surface area contributed by atoms with Gasteiger partial charge in [0.1, 0.15) is 6.54 Å². The molecule has 0 aliphatic carbocycles.